The molecule has 5 heteroatoms. The van der Waals surface area contributed by atoms with E-state index < -0.39 is 0 Å². The fourth-order valence-electron chi connectivity index (χ4n) is 1.28. The number of amides is 1. The molecule has 5 N–H and O–H groups in total. The Morgan fingerprint density at radius 1 is 1.25 bits per heavy atom. The molecular weight excluding hydrogens is 204 g/mol. The standard InChI is InChI=1S/C11H10N4O/c12-8-4-3-7(6-9(8)13)11(16)15-10-2-1-5-14-10/h1-6H,(H4,12,13,14,15,16)/p+1. The average molecular weight is 215 g/mol. The van der Waals surface area contributed by atoms with Crippen molar-refractivity contribution < 1.29 is 4.79 Å². The Hall–Kier alpha value is -2.52. The summed E-state index contributed by atoms with van der Waals surface area (Å²) in [5, 5.41) is 2.64. The fraction of sp³-hybridized carbons (Fsp3) is 0. The zero-order valence-electron chi connectivity index (χ0n) is 8.47. The van der Waals surface area contributed by atoms with Crippen LogP contribution < -0.4 is 21.5 Å². The number of allylic oxidation sites excluding steroid dienone is 1. The normalized spacial score (nSPS) is 12.6. The number of nitrogens with two attached hydrogens (primary N) is 2. The molecule has 0 radical (unpaired) electrons. The second kappa shape index (κ2) is 3.92. The quantitative estimate of drug-likeness (QED) is 0.443. The van der Waals surface area contributed by atoms with Crippen LogP contribution in [0.5, 0.6) is 0 Å². The minimum atomic E-state index is -0.259. The Morgan fingerprint density at radius 2 is 2.06 bits per heavy atom. The van der Waals surface area contributed by atoms with E-state index in [1.807, 2.05) is 0 Å². The van der Waals surface area contributed by atoms with Gasteiger partial charge in [-0.05, 0) is 18.2 Å². The van der Waals surface area contributed by atoms with Crippen molar-refractivity contribution in [3.63, 3.8) is 0 Å². The molecule has 0 spiro atoms. The van der Waals surface area contributed by atoms with Gasteiger partial charge in [-0.3, -0.25) is 0 Å². The topological polar surface area (TPSA) is 95.2 Å². The van der Waals surface area contributed by atoms with E-state index in [2.05, 4.69) is 9.98 Å². The predicted octanol–water partition coefficient (Wildman–Crippen LogP) is -0.313. The maximum absolute atomic E-state index is 11.7. The number of nitrogen functional groups attached to an aromatic ring is 2. The molecule has 5 nitrogen and oxygen atoms in total. The first-order valence-electron chi connectivity index (χ1n) is 4.71. The van der Waals surface area contributed by atoms with E-state index in [1.54, 1.807) is 30.5 Å². The zero-order chi connectivity index (χ0) is 11.5. The Bertz CT molecular complexity index is 539. The summed E-state index contributed by atoms with van der Waals surface area (Å²) < 4.78 is 3.93. The molecule has 80 valence electrons. The molecular formula is C11H11N4O+. The maximum atomic E-state index is 11.7. The SMILES string of the molecule is Nc1ccc(C(=O)NC2=[N+]=CC=C2)cc1N. The van der Waals surface area contributed by atoms with Crippen molar-refractivity contribution in [1.29, 1.82) is 0 Å². The molecule has 1 aliphatic rings. The van der Waals surface area contributed by atoms with Crippen molar-refractivity contribution in [2.24, 2.45) is 0 Å². The molecule has 1 aliphatic heterocycles. The number of nitrogens with one attached hydrogen (secondary N) is 1. The van der Waals surface area contributed by atoms with E-state index in [9.17, 15) is 4.79 Å². The molecule has 0 saturated heterocycles. The van der Waals surface area contributed by atoms with Crippen LogP contribution in [0.1, 0.15) is 10.4 Å². The highest BCUT2D eigenvalue weighted by molar-refractivity contribution is 6.13. The van der Waals surface area contributed by atoms with Crippen LogP contribution in [0.4, 0.5) is 11.4 Å². The van der Waals surface area contributed by atoms with Gasteiger partial charge in [-0.2, -0.15) is 5.32 Å². The molecule has 0 aliphatic carbocycles. The van der Waals surface area contributed by atoms with E-state index in [0.29, 0.717) is 22.8 Å². The van der Waals surface area contributed by atoms with Gasteiger partial charge in [-0.25, -0.2) is 9.46 Å². The van der Waals surface area contributed by atoms with Crippen LogP contribution in [-0.4, -0.2) is 18.0 Å². The van der Waals surface area contributed by atoms with E-state index in [4.69, 9.17) is 11.5 Å². The zero-order valence-corrected chi connectivity index (χ0v) is 8.47. The third-order valence-corrected chi connectivity index (χ3v) is 2.14. The van der Waals surface area contributed by atoms with Crippen molar-refractivity contribution in [1.82, 2.24) is 9.98 Å². The molecule has 0 fully saturated rings. The van der Waals surface area contributed by atoms with Gasteiger partial charge < -0.3 is 11.5 Å². The molecule has 0 saturated carbocycles. The van der Waals surface area contributed by atoms with Crippen molar-refractivity contribution in [2.75, 3.05) is 11.5 Å². The summed E-state index contributed by atoms with van der Waals surface area (Å²) in [6.07, 6.45) is 5.05. The Kier molecular flexibility index (Phi) is 2.45. The largest absolute Gasteiger partial charge is 0.397 e. The summed E-state index contributed by atoms with van der Waals surface area (Å²) in [5.41, 5.74) is 12.5. The molecule has 2 rings (SSSR count). The summed E-state index contributed by atoms with van der Waals surface area (Å²) in [4.78, 5) is 11.7. The number of amidine groups is 1. The van der Waals surface area contributed by atoms with Crippen molar-refractivity contribution >= 4 is 29.3 Å². The van der Waals surface area contributed by atoms with Gasteiger partial charge in [-0.1, -0.05) is 0 Å². The predicted molar refractivity (Wildman–Crippen MR) is 65.1 cm³/mol. The van der Waals surface area contributed by atoms with Gasteiger partial charge in [0.2, 0.25) is 0 Å². The third kappa shape index (κ3) is 1.94. The van der Waals surface area contributed by atoms with Gasteiger partial charge in [0, 0.05) is 6.08 Å². The second-order valence-corrected chi connectivity index (χ2v) is 3.32. The van der Waals surface area contributed by atoms with Gasteiger partial charge >= 0.3 is 11.7 Å². The number of carbonyl (C=O) groups is 1. The number of benzene rings is 1. The molecule has 1 aromatic carbocycles. The highest BCUT2D eigenvalue weighted by Crippen LogP contribution is 2.15. The number of rotatable bonds is 1. The lowest BCUT2D eigenvalue weighted by molar-refractivity contribution is 0.0977. The Labute approximate surface area is 92.2 Å². The monoisotopic (exact) mass is 215 g/mol. The molecule has 1 amide bonds. The number of hydrogen-bond donors (Lipinski definition) is 3. The summed E-state index contributed by atoms with van der Waals surface area (Å²) in [6, 6.07) is 4.75. The molecule has 1 aromatic rings. The smallest absolute Gasteiger partial charge is 0.375 e. The van der Waals surface area contributed by atoms with E-state index >= 15 is 0 Å². The minimum Gasteiger partial charge on any atom is -0.397 e. The van der Waals surface area contributed by atoms with Crippen LogP contribution in [-0.2, 0) is 0 Å². The Morgan fingerprint density at radius 3 is 2.69 bits per heavy atom. The molecule has 0 atom stereocenters. The Balaban J connectivity index is 2.18. The number of anilines is 2. The van der Waals surface area contributed by atoms with E-state index in [-0.39, 0.29) is 5.91 Å². The number of hydrogen-bond acceptors (Lipinski definition) is 3. The van der Waals surface area contributed by atoms with Crippen LogP contribution in [0.15, 0.2) is 30.4 Å². The number of nitrogens with zero attached hydrogens (tertiary/aromatic N) is 1. The highest BCUT2D eigenvalue weighted by atomic mass is 16.1. The lowest BCUT2D eigenvalue weighted by atomic mass is 10.1. The van der Waals surface area contributed by atoms with E-state index in [0.717, 1.165) is 0 Å². The molecule has 16 heavy (non-hydrogen) atoms. The van der Waals surface area contributed by atoms with Gasteiger partial charge in [0.15, 0.2) is 6.21 Å². The molecule has 0 aromatic heterocycles. The third-order valence-electron chi connectivity index (χ3n) is 2.14. The molecule has 0 unspecified atom stereocenters. The first kappa shape index (κ1) is 10.0. The summed E-state index contributed by atoms with van der Waals surface area (Å²) in [6.45, 7) is 0. The number of carbonyl (C=O) groups excluding carboxylic acids is 1. The van der Waals surface area contributed by atoms with Crippen molar-refractivity contribution in [2.45, 2.75) is 0 Å². The summed E-state index contributed by atoms with van der Waals surface area (Å²) in [5.74, 6) is 0.255. The van der Waals surface area contributed by atoms with Gasteiger partial charge in [-0.15, -0.1) is 0 Å². The first-order chi connectivity index (χ1) is 7.66. The summed E-state index contributed by atoms with van der Waals surface area (Å²) >= 11 is 0. The fourth-order valence-corrected chi connectivity index (χ4v) is 1.28. The van der Waals surface area contributed by atoms with E-state index in [1.165, 1.54) is 6.07 Å². The average Bonchev–Trinajstić information content (AvgIpc) is 2.74. The lowest BCUT2D eigenvalue weighted by Crippen LogP contribution is -2.29. The van der Waals surface area contributed by atoms with Crippen LogP contribution >= 0.6 is 0 Å². The summed E-state index contributed by atoms with van der Waals surface area (Å²) in [7, 11) is 0. The van der Waals surface area contributed by atoms with Crippen LogP contribution in [0.25, 0.3) is 0 Å². The maximum Gasteiger partial charge on any atom is 0.375 e. The van der Waals surface area contributed by atoms with Crippen LogP contribution in [0, 0.1) is 0 Å². The first-order valence-corrected chi connectivity index (χ1v) is 4.71. The lowest BCUT2D eigenvalue weighted by Gasteiger charge is -2.01. The van der Waals surface area contributed by atoms with Gasteiger partial charge in [0.25, 0.3) is 0 Å². The second-order valence-electron chi connectivity index (χ2n) is 3.32. The molecule has 0 bridgehead atoms. The van der Waals surface area contributed by atoms with Crippen molar-refractivity contribution in [3.8, 4) is 0 Å². The highest BCUT2D eigenvalue weighted by Gasteiger charge is 2.16. The van der Waals surface area contributed by atoms with Gasteiger partial charge in [0.1, 0.15) is 0 Å². The molecule has 1 heterocycles. The van der Waals surface area contributed by atoms with Crippen molar-refractivity contribution in [3.05, 3.63) is 35.9 Å². The van der Waals surface area contributed by atoms with Crippen LogP contribution in [0.2, 0.25) is 0 Å². The van der Waals surface area contributed by atoms with Crippen LogP contribution in [0.3, 0.4) is 0 Å². The van der Waals surface area contributed by atoms with Gasteiger partial charge in [0.05, 0.1) is 23.0 Å². The minimum absolute atomic E-state index is 0.259.